The molecule has 0 bridgehead atoms. The van der Waals surface area contributed by atoms with Crippen molar-refractivity contribution in [3.63, 3.8) is 0 Å². The first-order valence-electron chi connectivity index (χ1n) is 6.18. The van der Waals surface area contributed by atoms with Crippen molar-refractivity contribution in [2.75, 3.05) is 25.5 Å². The van der Waals surface area contributed by atoms with Crippen molar-refractivity contribution in [2.45, 2.75) is 26.8 Å². The average molecular weight is 251 g/mol. The molecule has 1 aromatic rings. The maximum Gasteiger partial charge on any atom is 0.244 e. The number of anilines is 1. The topological polar surface area (TPSA) is 54.5 Å². The van der Waals surface area contributed by atoms with E-state index in [0.29, 0.717) is 24.8 Å². The van der Waals surface area contributed by atoms with Crippen LogP contribution in [0.15, 0.2) is 18.2 Å². The third-order valence-electron chi connectivity index (χ3n) is 2.74. The quantitative estimate of drug-likeness (QED) is 0.837. The van der Waals surface area contributed by atoms with Crippen molar-refractivity contribution < 1.29 is 9.53 Å². The Bertz CT molecular complexity index is 392. The zero-order chi connectivity index (χ0) is 13.5. The van der Waals surface area contributed by atoms with Crippen LogP contribution in [0.3, 0.4) is 0 Å². The van der Waals surface area contributed by atoms with Crippen LogP contribution >= 0.6 is 0 Å². The first-order valence-corrected chi connectivity index (χ1v) is 6.18. The lowest BCUT2D eigenvalue weighted by Gasteiger charge is -2.23. The van der Waals surface area contributed by atoms with Crippen LogP contribution in [0.4, 0.5) is 5.82 Å². The molecular weight excluding hydrogens is 230 g/mol. The molecule has 0 aliphatic carbocycles. The minimum absolute atomic E-state index is 0.0737. The Hall–Kier alpha value is -1.78. The summed E-state index contributed by atoms with van der Waals surface area (Å²) in [5.41, 5.74) is 0. The molecular formula is C13H21N3O2. The summed E-state index contributed by atoms with van der Waals surface area (Å²) in [5, 5.41) is 3.08. The number of methoxy groups -OCH3 is 1. The van der Waals surface area contributed by atoms with Gasteiger partial charge in [-0.05, 0) is 26.8 Å². The average Bonchev–Trinajstić information content (AvgIpc) is 2.40. The van der Waals surface area contributed by atoms with Crippen molar-refractivity contribution in [1.82, 2.24) is 9.88 Å². The fourth-order valence-electron chi connectivity index (χ4n) is 1.70. The second-order valence-electron chi connectivity index (χ2n) is 3.94. The molecule has 0 saturated carbocycles. The van der Waals surface area contributed by atoms with E-state index in [2.05, 4.69) is 10.3 Å². The monoisotopic (exact) mass is 251 g/mol. The van der Waals surface area contributed by atoms with Gasteiger partial charge in [-0.25, -0.2) is 0 Å². The SMILES string of the molecule is CCN(CC)C(=O)C(C)Nc1cccc(OC)n1. The Morgan fingerprint density at radius 3 is 2.67 bits per heavy atom. The summed E-state index contributed by atoms with van der Waals surface area (Å²) in [5.74, 6) is 1.24. The van der Waals surface area contributed by atoms with Crippen LogP contribution in [0.5, 0.6) is 5.88 Å². The number of nitrogens with zero attached hydrogens (tertiary/aromatic N) is 2. The summed E-state index contributed by atoms with van der Waals surface area (Å²) < 4.78 is 5.04. The molecule has 18 heavy (non-hydrogen) atoms. The summed E-state index contributed by atoms with van der Waals surface area (Å²) in [6, 6.07) is 5.11. The molecule has 0 spiro atoms. The Morgan fingerprint density at radius 2 is 2.11 bits per heavy atom. The second-order valence-corrected chi connectivity index (χ2v) is 3.94. The molecule has 0 aromatic carbocycles. The number of pyridine rings is 1. The zero-order valence-corrected chi connectivity index (χ0v) is 11.4. The third kappa shape index (κ3) is 3.61. The minimum atomic E-state index is -0.301. The van der Waals surface area contributed by atoms with Gasteiger partial charge >= 0.3 is 0 Å². The molecule has 100 valence electrons. The van der Waals surface area contributed by atoms with Crippen LogP contribution < -0.4 is 10.1 Å². The van der Waals surface area contributed by atoms with Gasteiger partial charge in [0.25, 0.3) is 0 Å². The Kier molecular flexibility index (Phi) is 5.42. The van der Waals surface area contributed by atoms with Crippen molar-refractivity contribution in [1.29, 1.82) is 0 Å². The van der Waals surface area contributed by atoms with E-state index in [1.54, 1.807) is 18.1 Å². The number of amides is 1. The third-order valence-corrected chi connectivity index (χ3v) is 2.74. The predicted octanol–water partition coefficient (Wildman–Crippen LogP) is 1.76. The standard InChI is InChI=1S/C13H21N3O2/c1-5-16(6-2)13(17)10(3)14-11-8-7-9-12(15-11)18-4/h7-10H,5-6H2,1-4H3,(H,14,15). The number of nitrogens with one attached hydrogen (secondary N) is 1. The van der Waals surface area contributed by atoms with Crippen LogP contribution in [0.25, 0.3) is 0 Å². The van der Waals surface area contributed by atoms with E-state index < -0.39 is 0 Å². The van der Waals surface area contributed by atoms with Gasteiger partial charge in [0.2, 0.25) is 11.8 Å². The highest BCUT2D eigenvalue weighted by molar-refractivity contribution is 5.84. The van der Waals surface area contributed by atoms with Gasteiger partial charge in [-0.15, -0.1) is 0 Å². The molecule has 5 nitrogen and oxygen atoms in total. The molecule has 1 atom stereocenters. The largest absolute Gasteiger partial charge is 0.481 e. The molecule has 1 rings (SSSR count). The Balaban J connectivity index is 2.68. The maximum atomic E-state index is 12.1. The predicted molar refractivity (Wildman–Crippen MR) is 71.8 cm³/mol. The fourth-order valence-corrected chi connectivity index (χ4v) is 1.70. The van der Waals surface area contributed by atoms with Gasteiger partial charge in [0.05, 0.1) is 7.11 Å². The van der Waals surface area contributed by atoms with E-state index in [4.69, 9.17) is 4.74 Å². The first kappa shape index (κ1) is 14.3. The molecule has 1 unspecified atom stereocenters. The van der Waals surface area contributed by atoms with E-state index in [-0.39, 0.29) is 11.9 Å². The van der Waals surface area contributed by atoms with E-state index in [1.807, 2.05) is 32.9 Å². The number of ether oxygens (including phenoxy) is 1. The van der Waals surface area contributed by atoms with Gasteiger partial charge in [-0.1, -0.05) is 6.07 Å². The van der Waals surface area contributed by atoms with Gasteiger partial charge in [-0.3, -0.25) is 4.79 Å². The zero-order valence-electron chi connectivity index (χ0n) is 11.4. The molecule has 0 fully saturated rings. The highest BCUT2D eigenvalue weighted by atomic mass is 16.5. The van der Waals surface area contributed by atoms with Crippen LogP contribution in [-0.2, 0) is 4.79 Å². The van der Waals surface area contributed by atoms with Gasteiger partial charge in [-0.2, -0.15) is 4.98 Å². The number of likely N-dealkylation sites (N-methyl/N-ethyl adjacent to an activating group) is 1. The van der Waals surface area contributed by atoms with E-state index in [0.717, 1.165) is 0 Å². The number of aromatic nitrogens is 1. The lowest BCUT2D eigenvalue weighted by atomic mass is 10.2. The van der Waals surface area contributed by atoms with Gasteiger partial charge < -0.3 is 15.0 Å². The molecule has 0 aliphatic heterocycles. The van der Waals surface area contributed by atoms with Crippen LogP contribution in [0.2, 0.25) is 0 Å². The normalized spacial score (nSPS) is 11.8. The lowest BCUT2D eigenvalue weighted by Crippen LogP contribution is -2.41. The molecule has 0 saturated heterocycles. The molecule has 1 aromatic heterocycles. The Labute approximate surface area is 108 Å². The van der Waals surface area contributed by atoms with Gasteiger partial charge in [0.15, 0.2) is 0 Å². The number of hydrogen-bond donors (Lipinski definition) is 1. The van der Waals surface area contributed by atoms with E-state index >= 15 is 0 Å². The number of hydrogen-bond acceptors (Lipinski definition) is 4. The van der Waals surface area contributed by atoms with Crippen LogP contribution in [-0.4, -0.2) is 42.0 Å². The summed E-state index contributed by atoms with van der Waals surface area (Å²) in [6.07, 6.45) is 0. The highest BCUT2D eigenvalue weighted by Gasteiger charge is 2.18. The summed E-state index contributed by atoms with van der Waals surface area (Å²) in [4.78, 5) is 18.1. The van der Waals surface area contributed by atoms with Gasteiger partial charge in [0, 0.05) is 19.2 Å². The molecule has 5 heteroatoms. The molecule has 0 radical (unpaired) electrons. The number of rotatable bonds is 6. The van der Waals surface area contributed by atoms with Crippen LogP contribution in [0, 0.1) is 0 Å². The second kappa shape index (κ2) is 6.83. The summed E-state index contributed by atoms with van der Waals surface area (Å²) in [7, 11) is 1.57. The number of carbonyl (C=O) groups excluding carboxylic acids is 1. The lowest BCUT2D eigenvalue weighted by molar-refractivity contribution is -0.131. The summed E-state index contributed by atoms with van der Waals surface area (Å²) in [6.45, 7) is 7.21. The Morgan fingerprint density at radius 1 is 1.44 bits per heavy atom. The number of carbonyl (C=O) groups is 1. The smallest absolute Gasteiger partial charge is 0.244 e. The maximum absolute atomic E-state index is 12.1. The first-order chi connectivity index (χ1) is 8.62. The van der Waals surface area contributed by atoms with Crippen molar-refractivity contribution in [3.8, 4) is 5.88 Å². The van der Waals surface area contributed by atoms with E-state index in [1.165, 1.54) is 0 Å². The molecule has 1 amide bonds. The highest BCUT2D eigenvalue weighted by Crippen LogP contribution is 2.12. The van der Waals surface area contributed by atoms with Crippen LogP contribution in [0.1, 0.15) is 20.8 Å². The fraction of sp³-hybridized carbons (Fsp3) is 0.538. The van der Waals surface area contributed by atoms with Crippen molar-refractivity contribution in [2.24, 2.45) is 0 Å². The summed E-state index contributed by atoms with van der Waals surface area (Å²) >= 11 is 0. The van der Waals surface area contributed by atoms with Crippen molar-refractivity contribution in [3.05, 3.63) is 18.2 Å². The van der Waals surface area contributed by atoms with E-state index in [9.17, 15) is 4.79 Å². The van der Waals surface area contributed by atoms with Crippen molar-refractivity contribution >= 4 is 11.7 Å². The minimum Gasteiger partial charge on any atom is -0.481 e. The molecule has 0 aliphatic rings. The van der Waals surface area contributed by atoms with Gasteiger partial charge in [0.1, 0.15) is 11.9 Å². The molecule has 1 N–H and O–H groups in total. The molecule has 1 heterocycles.